The van der Waals surface area contributed by atoms with Crippen LogP contribution >= 0.6 is 7.75 Å². The molecule has 5 unspecified atom stereocenters. The van der Waals surface area contributed by atoms with Crippen molar-refractivity contribution < 1.29 is 38.8 Å². The lowest BCUT2D eigenvalue weighted by Gasteiger charge is -2.22. The van der Waals surface area contributed by atoms with Crippen LogP contribution in [0.3, 0.4) is 0 Å². The summed E-state index contributed by atoms with van der Waals surface area (Å²) in [6, 6.07) is -0.0293. The highest BCUT2D eigenvalue weighted by Gasteiger charge is 2.45. The molecule has 7 N–H and O–H groups in total. The van der Waals surface area contributed by atoms with Crippen molar-refractivity contribution >= 4 is 19.5 Å². The van der Waals surface area contributed by atoms with E-state index < -0.39 is 56.6 Å². The fourth-order valence-electron chi connectivity index (χ4n) is 2.81. The number of nitrogen functional groups attached to an aromatic ring is 1. The lowest BCUT2D eigenvalue weighted by Crippen LogP contribution is -2.38. The van der Waals surface area contributed by atoms with Crippen molar-refractivity contribution in [1.82, 2.24) is 14.6 Å². The molecule has 164 valence electrons. The summed E-state index contributed by atoms with van der Waals surface area (Å²) in [5.74, 6) is -1.42. The quantitative estimate of drug-likeness (QED) is 0.248. The monoisotopic (exact) mass is 436 g/mol. The second-order valence-electron chi connectivity index (χ2n) is 7.05. The molecule has 14 heteroatoms. The van der Waals surface area contributed by atoms with Gasteiger partial charge >= 0.3 is 19.4 Å². The molecule has 2 rings (SSSR count). The number of carbonyl (C=O) groups is 1. The van der Waals surface area contributed by atoms with E-state index in [1.807, 2.05) is 5.09 Å². The lowest BCUT2D eigenvalue weighted by atomic mass is 10.1. The molecule has 0 aromatic carbocycles. The number of aliphatic hydroxyl groups is 2. The summed E-state index contributed by atoms with van der Waals surface area (Å²) in [4.78, 5) is 36.5. The van der Waals surface area contributed by atoms with Crippen molar-refractivity contribution in [1.29, 1.82) is 0 Å². The molecule has 0 saturated carbocycles. The van der Waals surface area contributed by atoms with Crippen LogP contribution in [0, 0.1) is 5.92 Å². The number of carboxylic acid groups (broad SMARTS) is 1. The third kappa shape index (κ3) is 6.06. The molecular formula is C15H25N4O9P. The molecule has 0 bridgehead atoms. The molecular weight excluding hydrogens is 411 g/mol. The first-order chi connectivity index (χ1) is 13.4. The fraction of sp³-hybridized carbons (Fsp3) is 0.667. The molecule has 0 spiro atoms. The first-order valence-electron chi connectivity index (χ1n) is 8.75. The van der Waals surface area contributed by atoms with Gasteiger partial charge in [-0.1, -0.05) is 13.8 Å². The van der Waals surface area contributed by atoms with Gasteiger partial charge in [0.2, 0.25) is 0 Å². The van der Waals surface area contributed by atoms with Gasteiger partial charge in [-0.05, 0) is 18.4 Å². The van der Waals surface area contributed by atoms with Gasteiger partial charge in [-0.25, -0.2) is 14.4 Å². The maximum absolute atomic E-state index is 12.2. The Bertz CT molecular complexity index is 832. The van der Waals surface area contributed by atoms with Gasteiger partial charge in [-0.2, -0.15) is 4.98 Å². The summed E-state index contributed by atoms with van der Waals surface area (Å²) >= 11 is 0. The number of nitrogens with two attached hydrogens (primary N) is 1. The summed E-state index contributed by atoms with van der Waals surface area (Å²) in [6.07, 6.45) is -4.38. The van der Waals surface area contributed by atoms with Gasteiger partial charge in [0.25, 0.3) is 0 Å². The molecule has 1 aliphatic heterocycles. The molecule has 6 atom stereocenters. The van der Waals surface area contributed by atoms with E-state index in [0.717, 1.165) is 4.57 Å². The highest BCUT2D eigenvalue weighted by molar-refractivity contribution is 7.50. The van der Waals surface area contributed by atoms with Crippen molar-refractivity contribution in [2.24, 2.45) is 5.92 Å². The first-order valence-corrected chi connectivity index (χ1v) is 10.3. The molecule has 1 aliphatic rings. The zero-order valence-corrected chi connectivity index (χ0v) is 16.7. The molecule has 1 aromatic rings. The van der Waals surface area contributed by atoms with Crippen LogP contribution in [0.4, 0.5) is 5.82 Å². The lowest BCUT2D eigenvalue weighted by molar-refractivity contribution is -0.139. The summed E-state index contributed by atoms with van der Waals surface area (Å²) in [7, 11) is -4.57. The minimum absolute atomic E-state index is 0.0409. The fourth-order valence-corrected chi connectivity index (χ4v) is 3.84. The predicted molar refractivity (Wildman–Crippen MR) is 98.6 cm³/mol. The van der Waals surface area contributed by atoms with E-state index in [1.54, 1.807) is 13.8 Å². The third-order valence-corrected chi connectivity index (χ3v) is 5.34. The molecule has 0 amide bonds. The summed E-state index contributed by atoms with van der Waals surface area (Å²) in [5.41, 5.74) is 4.57. The van der Waals surface area contributed by atoms with E-state index in [1.165, 1.54) is 12.3 Å². The predicted octanol–water partition coefficient (Wildman–Crippen LogP) is -1.35. The number of carboxylic acids is 1. The third-order valence-electron chi connectivity index (χ3n) is 4.20. The Balaban J connectivity index is 2.03. The second-order valence-corrected chi connectivity index (χ2v) is 8.61. The van der Waals surface area contributed by atoms with E-state index in [4.69, 9.17) is 20.1 Å². The van der Waals surface area contributed by atoms with Crippen LogP contribution in [-0.4, -0.2) is 66.7 Å². The van der Waals surface area contributed by atoms with Crippen LogP contribution in [0.5, 0.6) is 0 Å². The van der Waals surface area contributed by atoms with E-state index in [-0.39, 0.29) is 18.2 Å². The van der Waals surface area contributed by atoms with E-state index in [2.05, 4.69) is 4.98 Å². The average molecular weight is 436 g/mol. The summed E-state index contributed by atoms with van der Waals surface area (Å²) in [5, 5.41) is 31.5. The van der Waals surface area contributed by atoms with Crippen molar-refractivity contribution in [3.63, 3.8) is 0 Å². The molecule has 1 aromatic heterocycles. The average Bonchev–Trinajstić information content (AvgIpc) is 2.87. The van der Waals surface area contributed by atoms with Crippen LogP contribution in [0.2, 0.25) is 0 Å². The van der Waals surface area contributed by atoms with Crippen molar-refractivity contribution in [3.05, 3.63) is 22.7 Å². The zero-order valence-electron chi connectivity index (χ0n) is 15.8. The summed E-state index contributed by atoms with van der Waals surface area (Å²) in [6.45, 7) is 2.85. The number of nitrogens with zero attached hydrogens (tertiary/aromatic N) is 2. The smallest absolute Gasteiger partial charge is 0.403 e. The Hall–Kier alpha value is -1.86. The van der Waals surface area contributed by atoms with Gasteiger partial charge in [0.15, 0.2) is 6.23 Å². The highest BCUT2D eigenvalue weighted by atomic mass is 31.2. The van der Waals surface area contributed by atoms with Crippen molar-refractivity contribution in [2.45, 2.75) is 50.8 Å². The number of hydrogen-bond donors (Lipinski definition) is 6. The Morgan fingerprint density at radius 2 is 2.10 bits per heavy atom. The topological polar surface area (TPSA) is 206 Å². The maximum atomic E-state index is 12.2. The number of ether oxygens (including phenoxy) is 1. The van der Waals surface area contributed by atoms with E-state index >= 15 is 0 Å². The van der Waals surface area contributed by atoms with Crippen molar-refractivity contribution in [2.75, 3.05) is 12.3 Å². The van der Waals surface area contributed by atoms with Gasteiger partial charge in [0, 0.05) is 6.20 Å². The molecule has 29 heavy (non-hydrogen) atoms. The standard InChI is InChI=1S/C15H25N4O9P/c1-7(2)5-8(14(22)23)18-29(25,26)27-6-9-11(20)12(21)13(28-9)19-4-3-10(16)17-15(19)24/h3-4,7-9,11-13,20-21H,5-6H2,1-2H3,(H,22,23)(H2,16,17,24)(H2,18,25,26)/t8-,9?,11?,12?,13?/m0/s1. The van der Waals surface area contributed by atoms with Crippen LogP contribution in [0.25, 0.3) is 0 Å². The zero-order chi connectivity index (χ0) is 21.9. The minimum Gasteiger partial charge on any atom is -0.480 e. The van der Waals surface area contributed by atoms with Gasteiger partial charge in [-0.15, -0.1) is 0 Å². The molecule has 13 nitrogen and oxygen atoms in total. The molecule has 2 heterocycles. The normalized spacial score (nSPS) is 27.7. The van der Waals surface area contributed by atoms with Crippen LogP contribution in [0.1, 0.15) is 26.5 Å². The maximum Gasteiger partial charge on any atom is 0.403 e. The molecule has 1 saturated heterocycles. The largest absolute Gasteiger partial charge is 0.480 e. The van der Waals surface area contributed by atoms with Crippen LogP contribution < -0.4 is 16.5 Å². The Morgan fingerprint density at radius 3 is 2.66 bits per heavy atom. The van der Waals surface area contributed by atoms with Gasteiger partial charge in [0.05, 0.1) is 6.61 Å². The summed E-state index contributed by atoms with van der Waals surface area (Å²) < 4.78 is 23.3. The van der Waals surface area contributed by atoms with Gasteiger partial charge in [-0.3, -0.25) is 13.9 Å². The first kappa shape index (κ1) is 23.4. The molecule has 0 aliphatic carbocycles. The number of aliphatic hydroxyl groups excluding tert-OH is 2. The molecule has 1 fully saturated rings. The van der Waals surface area contributed by atoms with E-state index in [0.29, 0.717) is 0 Å². The Morgan fingerprint density at radius 1 is 1.45 bits per heavy atom. The number of anilines is 1. The van der Waals surface area contributed by atoms with Gasteiger partial charge in [0.1, 0.15) is 30.2 Å². The SMILES string of the molecule is CC(C)C[C@H](NP(=O)(O)OCC1OC(n2ccc(N)nc2=O)C(O)C1O)C(=O)O. The Labute approximate surface area is 165 Å². The Kier molecular flexibility index (Phi) is 7.51. The number of aliphatic carboxylic acids is 1. The number of aromatic nitrogens is 2. The minimum atomic E-state index is -4.57. The van der Waals surface area contributed by atoms with Crippen molar-refractivity contribution in [3.8, 4) is 0 Å². The van der Waals surface area contributed by atoms with Crippen LogP contribution in [-0.2, 0) is 18.6 Å². The van der Waals surface area contributed by atoms with Gasteiger partial charge < -0.3 is 30.7 Å². The number of rotatable bonds is 9. The highest BCUT2D eigenvalue weighted by Crippen LogP contribution is 2.40. The second kappa shape index (κ2) is 9.30. The van der Waals surface area contributed by atoms with E-state index in [9.17, 15) is 29.3 Å². The molecule has 0 radical (unpaired) electrons. The number of hydrogen-bond acceptors (Lipinski definition) is 9. The number of nitrogens with one attached hydrogen (secondary N) is 1. The van der Waals surface area contributed by atoms with Crippen LogP contribution in [0.15, 0.2) is 17.1 Å².